The first-order valence-corrected chi connectivity index (χ1v) is 2.04. The minimum atomic E-state index is 1.71. The molecule has 0 aromatic rings. The Hall–Kier alpha value is -1.26. The lowest BCUT2D eigenvalue weighted by atomic mass is 10.2. The van der Waals surface area contributed by atoms with Crippen molar-refractivity contribution < 1.29 is 0 Å². The van der Waals surface area contributed by atoms with Crippen LogP contribution in [-0.4, -0.2) is 7.85 Å². The molecule has 0 saturated heterocycles. The zero-order valence-electron chi connectivity index (χ0n) is 4.58. The van der Waals surface area contributed by atoms with Crippen molar-refractivity contribution in [3.63, 3.8) is 0 Å². The largest absolute Gasteiger partial charge is 0.189 e. The minimum absolute atomic E-state index is 1.71. The fourth-order valence-corrected chi connectivity index (χ4v) is 0.161. The van der Waals surface area contributed by atoms with E-state index in [2.05, 4.69) is 35.4 Å². The summed E-state index contributed by atoms with van der Waals surface area (Å²) in [4.78, 5) is 0. The molecule has 0 N–H and O–H groups in total. The van der Waals surface area contributed by atoms with Crippen LogP contribution in [0.5, 0.6) is 0 Å². The maximum absolute atomic E-state index is 4.80. The second kappa shape index (κ2) is 5.74. The van der Waals surface area contributed by atoms with Crippen LogP contribution < -0.4 is 0 Å². The summed E-state index contributed by atoms with van der Waals surface area (Å²) >= 11 is 0. The van der Waals surface area contributed by atoms with Crippen LogP contribution in [0.2, 0.25) is 0 Å². The molecule has 0 aromatic carbocycles. The van der Waals surface area contributed by atoms with Crippen molar-refractivity contribution in [3.05, 3.63) is 0 Å². The molecule has 0 nitrogen and oxygen atoms in total. The summed E-state index contributed by atoms with van der Waals surface area (Å²) in [5.74, 6) is 14.5. The van der Waals surface area contributed by atoms with Crippen molar-refractivity contribution in [3.8, 4) is 35.4 Å². The molecule has 0 bridgehead atoms. The first kappa shape index (κ1) is 6.74. The van der Waals surface area contributed by atoms with Gasteiger partial charge in [0.05, 0.1) is 0 Å². The Bertz CT molecular complexity index is 194. The maximum Gasteiger partial charge on any atom is 0.189 e. The molecular formula is C7H3B. The third-order valence-corrected chi connectivity index (χ3v) is 0.385. The molecule has 8 heavy (non-hydrogen) atoms. The van der Waals surface area contributed by atoms with Crippen molar-refractivity contribution in [2.24, 2.45) is 0 Å². The van der Waals surface area contributed by atoms with Gasteiger partial charge in [0.15, 0.2) is 7.85 Å². The van der Waals surface area contributed by atoms with E-state index >= 15 is 0 Å². The fraction of sp³-hybridized carbons (Fsp3) is 0.143. The quantitative estimate of drug-likeness (QED) is 0.298. The molecular weight excluding hydrogens is 94.9 g/mol. The van der Waals surface area contributed by atoms with E-state index in [9.17, 15) is 0 Å². The Morgan fingerprint density at radius 3 is 2.12 bits per heavy atom. The summed E-state index contributed by atoms with van der Waals surface area (Å²) in [5, 5.41) is 0. The zero-order chi connectivity index (χ0) is 6.24. The Kier molecular flexibility index (Phi) is 4.84. The van der Waals surface area contributed by atoms with Gasteiger partial charge in [-0.1, -0.05) is 5.92 Å². The van der Waals surface area contributed by atoms with E-state index in [1.807, 2.05) is 0 Å². The highest BCUT2D eigenvalue weighted by Crippen LogP contribution is 1.50. The molecule has 1 heteroatoms. The summed E-state index contributed by atoms with van der Waals surface area (Å²) in [7, 11) is 4.80. The van der Waals surface area contributed by atoms with Gasteiger partial charge in [-0.15, -0.1) is 0 Å². The van der Waals surface area contributed by atoms with E-state index in [0.29, 0.717) is 0 Å². The van der Waals surface area contributed by atoms with Crippen LogP contribution >= 0.6 is 0 Å². The van der Waals surface area contributed by atoms with Crippen LogP contribution in [0.1, 0.15) is 6.92 Å². The van der Waals surface area contributed by atoms with Crippen molar-refractivity contribution in [1.29, 1.82) is 0 Å². The summed E-state index contributed by atoms with van der Waals surface area (Å²) in [6.45, 7) is 1.71. The third kappa shape index (κ3) is 4.74. The SMILES string of the molecule is [B]C#CC#CC#CC. The molecule has 34 valence electrons. The van der Waals surface area contributed by atoms with Crippen LogP contribution in [-0.2, 0) is 0 Å². The average molecular weight is 97.9 g/mol. The zero-order valence-corrected chi connectivity index (χ0v) is 4.58. The van der Waals surface area contributed by atoms with Crippen molar-refractivity contribution in [1.82, 2.24) is 0 Å². The van der Waals surface area contributed by atoms with Gasteiger partial charge in [0, 0.05) is 0 Å². The normalized spacial score (nSPS) is 3.62. The molecule has 0 aliphatic heterocycles. The Balaban J connectivity index is 3.75. The Morgan fingerprint density at radius 2 is 1.62 bits per heavy atom. The first-order valence-electron chi connectivity index (χ1n) is 2.04. The topological polar surface area (TPSA) is 0 Å². The van der Waals surface area contributed by atoms with E-state index in [1.54, 1.807) is 6.92 Å². The molecule has 0 heterocycles. The van der Waals surface area contributed by atoms with Crippen molar-refractivity contribution in [2.75, 3.05) is 0 Å². The molecule has 0 aromatic heterocycles. The molecule has 0 unspecified atom stereocenters. The third-order valence-electron chi connectivity index (χ3n) is 0.385. The van der Waals surface area contributed by atoms with E-state index in [0.717, 1.165) is 0 Å². The van der Waals surface area contributed by atoms with Crippen molar-refractivity contribution >= 4 is 7.85 Å². The Morgan fingerprint density at radius 1 is 1.00 bits per heavy atom. The number of rotatable bonds is 0. The van der Waals surface area contributed by atoms with Crippen LogP contribution in [0.4, 0.5) is 0 Å². The molecule has 0 aliphatic carbocycles. The molecule has 0 spiro atoms. The van der Waals surface area contributed by atoms with Crippen molar-refractivity contribution in [2.45, 2.75) is 6.92 Å². The van der Waals surface area contributed by atoms with Gasteiger partial charge in [-0.3, -0.25) is 0 Å². The Labute approximate surface area is 51.1 Å². The van der Waals surface area contributed by atoms with E-state index in [-0.39, 0.29) is 0 Å². The van der Waals surface area contributed by atoms with Crippen LogP contribution in [0.15, 0.2) is 0 Å². The monoisotopic (exact) mass is 98.0 g/mol. The first-order chi connectivity index (χ1) is 3.91. The van der Waals surface area contributed by atoms with Gasteiger partial charge in [-0.25, -0.2) is 0 Å². The number of hydrogen-bond acceptors (Lipinski definition) is 0. The average Bonchev–Trinajstić information content (AvgIpc) is 1.81. The molecule has 0 aliphatic rings. The molecule has 0 amide bonds. The summed E-state index contributed by atoms with van der Waals surface area (Å²) in [6.07, 6.45) is 0. The van der Waals surface area contributed by atoms with Gasteiger partial charge in [0.1, 0.15) is 0 Å². The highest BCUT2D eigenvalue weighted by Gasteiger charge is 1.48. The highest BCUT2D eigenvalue weighted by atomic mass is 13.5. The summed E-state index contributed by atoms with van der Waals surface area (Å²) in [5.41, 5.74) is 0. The fourth-order valence-electron chi connectivity index (χ4n) is 0.161. The van der Waals surface area contributed by atoms with Gasteiger partial charge >= 0.3 is 0 Å². The minimum Gasteiger partial charge on any atom is -0.158 e. The molecule has 0 atom stereocenters. The second-order valence-corrected chi connectivity index (χ2v) is 0.894. The van der Waals surface area contributed by atoms with E-state index in [1.165, 1.54) is 0 Å². The van der Waals surface area contributed by atoms with Gasteiger partial charge in [0.25, 0.3) is 0 Å². The highest BCUT2D eigenvalue weighted by molar-refractivity contribution is 6.22. The van der Waals surface area contributed by atoms with Gasteiger partial charge in [-0.05, 0) is 30.6 Å². The van der Waals surface area contributed by atoms with E-state index in [4.69, 9.17) is 7.85 Å². The maximum atomic E-state index is 4.80. The summed E-state index contributed by atoms with van der Waals surface area (Å²) in [6, 6.07) is 0. The van der Waals surface area contributed by atoms with Crippen LogP contribution in [0, 0.1) is 35.4 Å². The van der Waals surface area contributed by atoms with Gasteiger partial charge in [-0.2, -0.15) is 5.82 Å². The van der Waals surface area contributed by atoms with Crippen LogP contribution in [0.25, 0.3) is 0 Å². The smallest absolute Gasteiger partial charge is 0.158 e. The molecule has 0 fully saturated rings. The summed E-state index contributed by atoms with van der Waals surface area (Å²) < 4.78 is 0. The number of hydrogen-bond donors (Lipinski definition) is 0. The second-order valence-electron chi connectivity index (χ2n) is 0.894. The van der Waals surface area contributed by atoms with E-state index < -0.39 is 0 Å². The standard InChI is InChI=1S/C7H3B/c1-2-3-4-5-6-7-8/h1H3. The lowest BCUT2D eigenvalue weighted by molar-refractivity contribution is 1.92. The lowest BCUT2D eigenvalue weighted by Gasteiger charge is -1.52. The molecule has 0 rings (SSSR count). The molecule has 2 radical (unpaired) electrons. The van der Waals surface area contributed by atoms with Crippen LogP contribution in [0.3, 0.4) is 0 Å². The predicted molar refractivity (Wildman–Crippen MR) is 34.8 cm³/mol. The molecule has 0 saturated carbocycles. The van der Waals surface area contributed by atoms with Gasteiger partial charge < -0.3 is 0 Å². The lowest BCUT2D eigenvalue weighted by Crippen LogP contribution is -1.52. The predicted octanol–water partition coefficient (Wildman–Crippen LogP) is 0.142. The van der Waals surface area contributed by atoms with Gasteiger partial charge in [0.2, 0.25) is 0 Å².